The number of esters is 1. The molecule has 10 nitrogen and oxygen atoms in total. The van der Waals surface area contributed by atoms with Crippen LogP contribution in [0, 0.1) is 5.41 Å². The third-order valence-electron chi connectivity index (χ3n) is 5.41. The first-order valence-corrected chi connectivity index (χ1v) is 11.8. The molecule has 0 aromatic heterocycles. The van der Waals surface area contributed by atoms with E-state index in [1.807, 2.05) is 13.8 Å². The average molecular weight is 502 g/mol. The Bertz CT molecular complexity index is 1060. The van der Waals surface area contributed by atoms with E-state index < -0.39 is 11.5 Å². The second-order valence-corrected chi connectivity index (χ2v) is 7.88. The number of rotatable bonds is 15. The molecule has 196 valence electrons. The van der Waals surface area contributed by atoms with Gasteiger partial charge in [0.2, 0.25) is 0 Å². The molecule has 0 aliphatic heterocycles. The molecule has 1 atom stereocenters. The fraction of sp³-hybridized carbons (Fsp3) is 0.423. The molecule has 0 saturated heterocycles. The monoisotopic (exact) mass is 501 g/mol. The number of carboxylic acid groups (broad SMARTS) is 1. The standard InChI is InChI=1S/C26H35N3O7/c1-5-26(25(31)32,29-19-11-9-18(10-12-19)24(27)28)20-15-22(33-6-2)23(34-7-3)16-21(20)36-14-8-13-35-17(4)30/h9-12,15-16,29H,5-8,13-14H2,1-4H3,(H3,27,28)(H,31,32). The number of ether oxygens (including phenoxy) is 4. The summed E-state index contributed by atoms with van der Waals surface area (Å²) in [6, 6.07) is 9.88. The lowest BCUT2D eigenvalue weighted by Gasteiger charge is -2.33. The first kappa shape index (κ1) is 28.3. The summed E-state index contributed by atoms with van der Waals surface area (Å²) in [5.74, 6) is -0.447. The van der Waals surface area contributed by atoms with E-state index >= 15 is 0 Å². The molecule has 0 aliphatic rings. The van der Waals surface area contributed by atoms with E-state index in [9.17, 15) is 14.7 Å². The van der Waals surface area contributed by atoms with Crippen molar-refractivity contribution in [3.63, 3.8) is 0 Å². The minimum absolute atomic E-state index is 0.0844. The number of anilines is 1. The number of aliphatic carboxylic acids is 1. The number of carbonyl (C=O) groups excluding carboxylic acids is 1. The quantitative estimate of drug-likeness (QED) is 0.123. The summed E-state index contributed by atoms with van der Waals surface area (Å²) in [6.45, 7) is 7.85. The van der Waals surface area contributed by atoms with Crippen LogP contribution in [-0.4, -0.2) is 49.3 Å². The van der Waals surface area contributed by atoms with Crippen molar-refractivity contribution in [2.45, 2.75) is 46.1 Å². The molecule has 0 spiro atoms. The van der Waals surface area contributed by atoms with Crippen molar-refractivity contribution in [2.24, 2.45) is 5.73 Å². The molecular weight excluding hydrogens is 466 g/mol. The van der Waals surface area contributed by atoms with Gasteiger partial charge in [-0.1, -0.05) is 6.92 Å². The van der Waals surface area contributed by atoms with Crippen LogP contribution in [0.4, 0.5) is 5.69 Å². The molecule has 2 rings (SSSR count). The average Bonchev–Trinajstić information content (AvgIpc) is 2.84. The van der Waals surface area contributed by atoms with Crippen LogP contribution < -0.4 is 25.3 Å². The Hall–Kier alpha value is -3.95. The van der Waals surface area contributed by atoms with Crippen molar-refractivity contribution < 1.29 is 33.6 Å². The van der Waals surface area contributed by atoms with Gasteiger partial charge in [-0.3, -0.25) is 10.2 Å². The Labute approximate surface area is 211 Å². The molecule has 0 aliphatic carbocycles. The number of nitrogen functional groups attached to an aromatic ring is 1. The molecule has 2 aromatic carbocycles. The molecule has 0 bridgehead atoms. The summed E-state index contributed by atoms with van der Waals surface area (Å²) in [7, 11) is 0. The number of carboxylic acids is 1. The zero-order chi connectivity index (χ0) is 26.7. The van der Waals surface area contributed by atoms with Crippen molar-refractivity contribution in [1.29, 1.82) is 5.41 Å². The van der Waals surface area contributed by atoms with E-state index in [1.165, 1.54) is 6.92 Å². The van der Waals surface area contributed by atoms with Gasteiger partial charge in [0.15, 0.2) is 17.0 Å². The molecule has 5 N–H and O–H groups in total. The maximum absolute atomic E-state index is 12.8. The Morgan fingerprint density at radius 3 is 2.08 bits per heavy atom. The minimum Gasteiger partial charge on any atom is -0.493 e. The van der Waals surface area contributed by atoms with Gasteiger partial charge in [-0.15, -0.1) is 0 Å². The maximum atomic E-state index is 12.8. The summed E-state index contributed by atoms with van der Waals surface area (Å²) in [6.07, 6.45) is 0.586. The summed E-state index contributed by atoms with van der Waals surface area (Å²) in [5, 5.41) is 21.2. The molecule has 36 heavy (non-hydrogen) atoms. The number of amidine groups is 1. The van der Waals surface area contributed by atoms with Crippen LogP contribution in [-0.2, 0) is 19.9 Å². The highest BCUT2D eigenvalue weighted by molar-refractivity contribution is 5.95. The minimum atomic E-state index is -1.58. The van der Waals surface area contributed by atoms with Gasteiger partial charge in [0, 0.05) is 36.2 Å². The Morgan fingerprint density at radius 1 is 0.972 bits per heavy atom. The molecule has 1 unspecified atom stereocenters. The fourth-order valence-electron chi connectivity index (χ4n) is 3.63. The van der Waals surface area contributed by atoms with Crippen LogP contribution in [0.1, 0.15) is 51.7 Å². The normalized spacial score (nSPS) is 12.2. The van der Waals surface area contributed by atoms with Gasteiger partial charge in [-0.25, -0.2) is 4.79 Å². The van der Waals surface area contributed by atoms with E-state index in [4.69, 9.17) is 30.1 Å². The SMILES string of the molecule is CCOc1cc(OCCCOC(C)=O)c(C(CC)(Nc2ccc(C(=N)N)cc2)C(=O)O)cc1OCC. The summed E-state index contributed by atoms with van der Waals surface area (Å²) >= 11 is 0. The van der Waals surface area contributed by atoms with E-state index in [0.717, 1.165) is 0 Å². The second kappa shape index (κ2) is 13.2. The number of hydrogen-bond donors (Lipinski definition) is 4. The largest absolute Gasteiger partial charge is 0.493 e. The fourth-order valence-corrected chi connectivity index (χ4v) is 3.63. The van der Waals surface area contributed by atoms with E-state index in [0.29, 0.717) is 53.7 Å². The van der Waals surface area contributed by atoms with Gasteiger partial charge >= 0.3 is 11.9 Å². The molecule has 0 fully saturated rings. The van der Waals surface area contributed by atoms with Crippen molar-refractivity contribution in [3.05, 3.63) is 47.5 Å². The Kier molecular flexibility index (Phi) is 10.4. The van der Waals surface area contributed by atoms with Gasteiger partial charge in [0.1, 0.15) is 11.6 Å². The zero-order valence-corrected chi connectivity index (χ0v) is 21.2. The molecular formula is C26H35N3O7. The van der Waals surface area contributed by atoms with Gasteiger partial charge in [-0.2, -0.15) is 0 Å². The Balaban J connectivity index is 2.56. The van der Waals surface area contributed by atoms with Crippen LogP contribution >= 0.6 is 0 Å². The number of carbonyl (C=O) groups is 2. The van der Waals surface area contributed by atoms with Crippen LogP contribution in [0.3, 0.4) is 0 Å². The predicted molar refractivity (Wildman–Crippen MR) is 136 cm³/mol. The van der Waals surface area contributed by atoms with Crippen molar-refractivity contribution in [2.75, 3.05) is 31.7 Å². The lowest BCUT2D eigenvalue weighted by molar-refractivity contribution is -0.143. The smallest absolute Gasteiger partial charge is 0.334 e. The molecule has 0 saturated carbocycles. The van der Waals surface area contributed by atoms with Crippen molar-refractivity contribution >= 4 is 23.5 Å². The van der Waals surface area contributed by atoms with Crippen LogP contribution in [0.5, 0.6) is 17.2 Å². The number of benzene rings is 2. The molecule has 10 heteroatoms. The number of nitrogens with two attached hydrogens (primary N) is 1. The first-order valence-electron chi connectivity index (χ1n) is 11.8. The highest BCUT2D eigenvalue weighted by Crippen LogP contribution is 2.43. The van der Waals surface area contributed by atoms with Gasteiger partial charge in [-0.05, 0) is 50.6 Å². The van der Waals surface area contributed by atoms with Crippen molar-refractivity contribution in [1.82, 2.24) is 0 Å². The van der Waals surface area contributed by atoms with Crippen molar-refractivity contribution in [3.8, 4) is 17.2 Å². The highest BCUT2D eigenvalue weighted by atomic mass is 16.5. The third-order valence-corrected chi connectivity index (χ3v) is 5.41. The summed E-state index contributed by atoms with van der Waals surface area (Å²) in [4.78, 5) is 23.9. The summed E-state index contributed by atoms with van der Waals surface area (Å²) in [5.41, 5.74) is 5.36. The first-order chi connectivity index (χ1) is 17.2. The van der Waals surface area contributed by atoms with E-state index in [-0.39, 0.29) is 31.4 Å². The Morgan fingerprint density at radius 2 is 1.58 bits per heavy atom. The van der Waals surface area contributed by atoms with Crippen LogP contribution in [0.15, 0.2) is 36.4 Å². The summed E-state index contributed by atoms with van der Waals surface area (Å²) < 4.78 is 22.5. The van der Waals surface area contributed by atoms with Crippen LogP contribution in [0.2, 0.25) is 0 Å². The predicted octanol–water partition coefficient (Wildman–Crippen LogP) is 3.90. The molecule has 0 radical (unpaired) electrons. The third kappa shape index (κ3) is 7.03. The second-order valence-electron chi connectivity index (χ2n) is 7.88. The van der Waals surface area contributed by atoms with Crippen LogP contribution in [0.25, 0.3) is 0 Å². The zero-order valence-electron chi connectivity index (χ0n) is 21.2. The van der Waals surface area contributed by atoms with Gasteiger partial charge in [0.05, 0.1) is 26.4 Å². The van der Waals surface area contributed by atoms with E-state index in [1.54, 1.807) is 43.3 Å². The van der Waals surface area contributed by atoms with E-state index in [2.05, 4.69) is 5.32 Å². The van der Waals surface area contributed by atoms with Gasteiger partial charge in [0.25, 0.3) is 0 Å². The lowest BCUT2D eigenvalue weighted by Crippen LogP contribution is -2.43. The molecule has 0 heterocycles. The maximum Gasteiger partial charge on any atom is 0.334 e. The number of hydrogen-bond acceptors (Lipinski definition) is 8. The van der Waals surface area contributed by atoms with Gasteiger partial charge < -0.3 is 35.1 Å². The topological polar surface area (TPSA) is 153 Å². The number of nitrogens with one attached hydrogen (secondary N) is 2. The molecule has 0 amide bonds. The highest BCUT2D eigenvalue weighted by Gasteiger charge is 2.42. The lowest BCUT2D eigenvalue weighted by atomic mass is 9.85. The molecule has 2 aromatic rings.